The Labute approximate surface area is 88.0 Å². The average molecular weight is 212 g/mol. The molecule has 0 spiro atoms. The molecule has 0 aliphatic heterocycles. The molecular formula is C10H16N2O3. The van der Waals surface area contributed by atoms with Crippen LogP contribution in [0.3, 0.4) is 0 Å². The van der Waals surface area contributed by atoms with Crippen LogP contribution in [0.4, 0.5) is 11.4 Å². The molecule has 0 bridgehead atoms. The Hall–Kier alpha value is -1.30. The van der Waals surface area contributed by atoms with Gasteiger partial charge in [-0.25, -0.2) is 0 Å². The maximum absolute atomic E-state index is 9.62. The summed E-state index contributed by atoms with van der Waals surface area (Å²) in [5.41, 5.74) is 13.3. The summed E-state index contributed by atoms with van der Waals surface area (Å²) in [4.78, 5) is 0. The molecule has 0 fully saturated rings. The SMILES string of the molecule is Cc1cc(C(O)C(O)CO)cc(N)c1N. The molecule has 1 aromatic rings. The van der Waals surface area contributed by atoms with Gasteiger partial charge in [0.2, 0.25) is 0 Å². The van der Waals surface area contributed by atoms with E-state index in [9.17, 15) is 10.2 Å². The first-order valence-electron chi connectivity index (χ1n) is 4.59. The van der Waals surface area contributed by atoms with Crippen molar-refractivity contribution in [1.29, 1.82) is 0 Å². The van der Waals surface area contributed by atoms with Crippen molar-refractivity contribution in [3.63, 3.8) is 0 Å². The van der Waals surface area contributed by atoms with Crippen molar-refractivity contribution in [3.05, 3.63) is 23.3 Å². The van der Waals surface area contributed by atoms with Crippen molar-refractivity contribution < 1.29 is 15.3 Å². The lowest BCUT2D eigenvalue weighted by atomic mass is 10.0. The lowest BCUT2D eigenvalue weighted by Gasteiger charge is -2.17. The van der Waals surface area contributed by atoms with Gasteiger partial charge in [0, 0.05) is 0 Å². The standard InChI is InChI=1S/C10H16N2O3/c1-5-2-6(3-7(11)9(5)12)10(15)8(14)4-13/h2-3,8,10,13-15H,4,11-12H2,1H3. The minimum absolute atomic E-state index is 0.356. The smallest absolute Gasteiger partial charge is 0.107 e. The molecule has 0 radical (unpaired) electrons. The summed E-state index contributed by atoms with van der Waals surface area (Å²) in [7, 11) is 0. The monoisotopic (exact) mass is 212 g/mol. The number of hydrogen-bond acceptors (Lipinski definition) is 5. The highest BCUT2D eigenvalue weighted by Crippen LogP contribution is 2.26. The van der Waals surface area contributed by atoms with Gasteiger partial charge >= 0.3 is 0 Å². The first kappa shape index (κ1) is 11.8. The van der Waals surface area contributed by atoms with Crippen molar-refractivity contribution in [1.82, 2.24) is 0 Å². The number of benzene rings is 1. The van der Waals surface area contributed by atoms with E-state index in [2.05, 4.69) is 0 Å². The zero-order chi connectivity index (χ0) is 11.6. The van der Waals surface area contributed by atoms with Crippen molar-refractivity contribution in [2.75, 3.05) is 18.1 Å². The molecule has 0 aliphatic carbocycles. The van der Waals surface area contributed by atoms with Gasteiger partial charge in [0.05, 0.1) is 18.0 Å². The highest BCUT2D eigenvalue weighted by Gasteiger charge is 2.18. The van der Waals surface area contributed by atoms with Crippen LogP contribution in [0.25, 0.3) is 0 Å². The van der Waals surface area contributed by atoms with Crippen LogP contribution < -0.4 is 11.5 Å². The molecule has 0 aromatic heterocycles. The quantitative estimate of drug-likeness (QED) is 0.435. The maximum atomic E-state index is 9.62. The van der Waals surface area contributed by atoms with E-state index in [1.807, 2.05) is 0 Å². The molecule has 15 heavy (non-hydrogen) atoms. The van der Waals surface area contributed by atoms with Gasteiger partial charge in [0.1, 0.15) is 12.2 Å². The summed E-state index contributed by atoms with van der Waals surface area (Å²) in [5.74, 6) is 0. The van der Waals surface area contributed by atoms with Gasteiger partial charge < -0.3 is 26.8 Å². The number of nitrogen functional groups attached to an aromatic ring is 2. The number of aryl methyl sites for hydroxylation is 1. The Kier molecular flexibility index (Phi) is 3.52. The van der Waals surface area contributed by atoms with Crippen LogP contribution >= 0.6 is 0 Å². The van der Waals surface area contributed by atoms with Gasteiger partial charge in [-0.1, -0.05) is 6.07 Å². The molecule has 5 heteroatoms. The molecule has 7 N–H and O–H groups in total. The molecule has 0 amide bonds. The Bertz CT molecular complexity index is 332. The van der Waals surface area contributed by atoms with E-state index in [0.29, 0.717) is 16.9 Å². The number of aliphatic hydroxyl groups is 3. The fourth-order valence-electron chi connectivity index (χ4n) is 1.35. The summed E-state index contributed by atoms with van der Waals surface area (Å²) in [5, 5.41) is 27.6. The van der Waals surface area contributed by atoms with Crippen molar-refractivity contribution >= 4 is 11.4 Å². The molecule has 84 valence electrons. The van der Waals surface area contributed by atoms with Gasteiger partial charge in [-0.2, -0.15) is 0 Å². The highest BCUT2D eigenvalue weighted by molar-refractivity contribution is 5.68. The first-order chi connectivity index (χ1) is 6.97. The number of rotatable bonds is 3. The molecule has 1 rings (SSSR count). The third-order valence-electron chi connectivity index (χ3n) is 2.33. The first-order valence-corrected chi connectivity index (χ1v) is 4.59. The minimum Gasteiger partial charge on any atom is -0.397 e. The molecule has 0 saturated carbocycles. The van der Waals surface area contributed by atoms with Gasteiger partial charge in [-0.3, -0.25) is 0 Å². The summed E-state index contributed by atoms with van der Waals surface area (Å²) >= 11 is 0. The topological polar surface area (TPSA) is 113 Å². The second-order valence-corrected chi connectivity index (χ2v) is 3.54. The zero-order valence-electron chi connectivity index (χ0n) is 8.51. The Morgan fingerprint density at radius 2 is 1.87 bits per heavy atom. The van der Waals surface area contributed by atoms with Crippen LogP contribution in [0.1, 0.15) is 17.2 Å². The van der Waals surface area contributed by atoms with E-state index in [1.54, 1.807) is 13.0 Å². The van der Waals surface area contributed by atoms with Crippen LogP contribution in [-0.2, 0) is 0 Å². The van der Waals surface area contributed by atoms with Crippen LogP contribution in [0.2, 0.25) is 0 Å². The molecule has 1 aromatic carbocycles. The summed E-state index contributed by atoms with van der Waals surface area (Å²) in [6.07, 6.45) is -2.37. The van der Waals surface area contributed by atoms with E-state index in [4.69, 9.17) is 16.6 Å². The van der Waals surface area contributed by atoms with E-state index in [1.165, 1.54) is 6.07 Å². The third kappa shape index (κ3) is 2.38. The third-order valence-corrected chi connectivity index (χ3v) is 2.33. The molecule has 2 atom stereocenters. The lowest BCUT2D eigenvalue weighted by Crippen LogP contribution is -2.22. The van der Waals surface area contributed by atoms with E-state index >= 15 is 0 Å². The van der Waals surface area contributed by atoms with Crippen molar-refractivity contribution in [3.8, 4) is 0 Å². The van der Waals surface area contributed by atoms with E-state index < -0.39 is 18.8 Å². The second kappa shape index (κ2) is 4.48. The summed E-state index contributed by atoms with van der Waals surface area (Å²) in [6, 6.07) is 3.13. The Morgan fingerprint density at radius 3 is 2.33 bits per heavy atom. The van der Waals surface area contributed by atoms with E-state index in [0.717, 1.165) is 5.56 Å². The summed E-state index contributed by atoms with van der Waals surface area (Å²) < 4.78 is 0. The van der Waals surface area contributed by atoms with Crippen LogP contribution in [0.15, 0.2) is 12.1 Å². The van der Waals surface area contributed by atoms with Crippen molar-refractivity contribution in [2.24, 2.45) is 0 Å². The Balaban J connectivity index is 3.06. The van der Waals surface area contributed by atoms with Crippen LogP contribution in [0, 0.1) is 6.92 Å². The molecule has 2 unspecified atom stereocenters. The second-order valence-electron chi connectivity index (χ2n) is 3.54. The van der Waals surface area contributed by atoms with E-state index in [-0.39, 0.29) is 0 Å². The normalized spacial score (nSPS) is 14.9. The summed E-state index contributed by atoms with van der Waals surface area (Å²) in [6.45, 7) is 1.25. The highest BCUT2D eigenvalue weighted by atomic mass is 16.4. The Morgan fingerprint density at radius 1 is 1.27 bits per heavy atom. The number of hydrogen-bond donors (Lipinski definition) is 5. The number of nitrogens with two attached hydrogens (primary N) is 2. The fourth-order valence-corrected chi connectivity index (χ4v) is 1.35. The van der Waals surface area contributed by atoms with Gasteiger partial charge in [0.25, 0.3) is 0 Å². The predicted octanol–water partition coefficient (Wildman–Crippen LogP) is -0.454. The largest absolute Gasteiger partial charge is 0.397 e. The molecule has 5 nitrogen and oxygen atoms in total. The fraction of sp³-hybridized carbons (Fsp3) is 0.400. The number of anilines is 2. The molecular weight excluding hydrogens is 196 g/mol. The average Bonchev–Trinajstić information content (AvgIpc) is 2.23. The number of aliphatic hydroxyl groups excluding tert-OH is 3. The minimum atomic E-state index is -1.22. The van der Waals surface area contributed by atoms with Crippen LogP contribution in [-0.4, -0.2) is 28.0 Å². The molecule has 0 aliphatic rings. The lowest BCUT2D eigenvalue weighted by molar-refractivity contribution is -0.0152. The molecule has 0 saturated heterocycles. The van der Waals surface area contributed by atoms with Crippen molar-refractivity contribution in [2.45, 2.75) is 19.1 Å². The van der Waals surface area contributed by atoms with Crippen LogP contribution in [0.5, 0.6) is 0 Å². The van der Waals surface area contributed by atoms with Gasteiger partial charge in [-0.05, 0) is 24.1 Å². The van der Waals surface area contributed by atoms with Gasteiger partial charge in [-0.15, -0.1) is 0 Å². The maximum Gasteiger partial charge on any atom is 0.107 e. The predicted molar refractivity (Wildman–Crippen MR) is 58.1 cm³/mol. The molecule has 0 heterocycles. The zero-order valence-corrected chi connectivity index (χ0v) is 8.51. The van der Waals surface area contributed by atoms with Gasteiger partial charge in [0.15, 0.2) is 0 Å².